The van der Waals surface area contributed by atoms with Gasteiger partial charge in [-0.2, -0.15) is 0 Å². The topological polar surface area (TPSA) is 56.9 Å². The van der Waals surface area contributed by atoms with E-state index in [2.05, 4.69) is 4.98 Å². The molecule has 0 aliphatic heterocycles. The predicted octanol–water partition coefficient (Wildman–Crippen LogP) is 2.07. The Bertz CT molecular complexity index is 1010. The van der Waals surface area contributed by atoms with E-state index in [0.717, 1.165) is 22.4 Å². The van der Waals surface area contributed by atoms with Crippen LogP contribution in [0.15, 0.2) is 39.9 Å². The summed E-state index contributed by atoms with van der Waals surface area (Å²) in [6.45, 7) is 5.99. The average Bonchev–Trinajstić information content (AvgIpc) is 2.50. The maximum absolute atomic E-state index is 12.8. The zero-order chi connectivity index (χ0) is 16.7. The maximum atomic E-state index is 12.8. The van der Waals surface area contributed by atoms with Gasteiger partial charge in [0.05, 0.1) is 11.9 Å². The molecule has 0 fully saturated rings. The second-order valence-corrected chi connectivity index (χ2v) is 6.00. The van der Waals surface area contributed by atoms with Gasteiger partial charge in [-0.25, -0.2) is 9.78 Å². The van der Waals surface area contributed by atoms with E-state index in [0.29, 0.717) is 11.0 Å². The second kappa shape index (κ2) is 5.50. The molecular weight excluding hydrogens is 290 g/mol. The van der Waals surface area contributed by atoms with Crippen molar-refractivity contribution in [2.24, 2.45) is 7.05 Å². The van der Waals surface area contributed by atoms with Gasteiger partial charge in [-0.1, -0.05) is 29.8 Å². The summed E-state index contributed by atoms with van der Waals surface area (Å²) in [6.07, 6.45) is 0. The third kappa shape index (κ3) is 2.59. The molecule has 2 aromatic heterocycles. The number of benzene rings is 1. The summed E-state index contributed by atoms with van der Waals surface area (Å²) < 4.78 is 2.72. The lowest BCUT2D eigenvalue weighted by molar-refractivity contribution is 0.656. The molecule has 118 valence electrons. The van der Waals surface area contributed by atoms with Gasteiger partial charge >= 0.3 is 5.69 Å². The first-order chi connectivity index (χ1) is 10.9. The van der Waals surface area contributed by atoms with Gasteiger partial charge in [-0.05, 0) is 38.0 Å². The highest BCUT2D eigenvalue weighted by Crippen LogP contribution is 2.12. The molecule has 23 heavy (non-hydrogen) atoms. The van der Waals surface area contributed by atoms with Crippen molar-refractivity contribution in [3.8, 4) is 0 Å². The summed E-state index contributed by atoms with van der Waals surface area (Å²) in [6, 6.07) is 9.69. The molecule has 0 saturated carbocycles. The molecule has 5 nitrogen and oxygen atoms in total. The Morgan fingerprint density at radius 3 is 2.35 bits per heavy atom. The SMILES string of the molecule is Cc1ccc(Cn2c(=O)c3c(C)cc(C)nc3n(C)c2=O)cc1. The molecule has 1 aromatic carbocycles. The average molecular weight is 309 g/mol. The summed E-state index contributed by atoms with van der Waals surface area (Å²) in [5.41, 5.74) is 3.51. The minimum Gasteiger partial charge on any atom is -0.280 e. The number of pyridine rings is 1. The zero-order valence-electron chi connectivity index (χ0n) is 13.8. The molecule has 5 heteroatoms. The minimum atomic E-state index is -0.347. The predicted molar refractivity (Wildman–Crippen MR) is 91.0 cm³/mol. The van der Waals surface area contributed by atoms with Crippen LogP contribution in [-0.2, 0) is 13.6 Å². The number of hydrogen-bond acceptors (Lipinski definition) is 3. The number of nitrogens with zero attached hydrogens (tertiary/aromatic N) is 3. The Morgan fingerprint density at radius 1 is 1.04 bits per heavy atom. The van der Waals surface area contributed by atoms with Crippen LogP contribution in [0.5, 0.6) is 0 Å². The van der Waals surface area contributed by atoms with Crippen molar-refractivity contribution in [2.75, 3.05) is 0 Å². The molecule has 0 aliphatic rings. The van der Waals surface area contributed by atoms with Crippen LogP contribution in [-0.4, -0.2) is 14.1 Å². The smallest absolute Gasteiger partial charge is 0.280 e. The van der Waals surface area contributed by atoms with E-state index in [-0.39, 0.29) is 17.8 Å². The van der Waals surface area contributed by atoms with Gasteiger partial charge in [-0.15, -0.1) is 0 Å². The number of aromatic nitrogens is 3. The molecule has 0 amide bonds. The van der Waals surface area contributed by atoms with E-state index < -0.39 is 0 Å². The lowest BCUT2D eigenvalue weighted by Crippen LogP contribution is -2.40. The molecule has 0 unspecified atom stereocenters. The van der Waals surface area contributed by atoms with Crippen LogP contribution < -0.4 is 11.2 Å². The lowest BCUT2D eigenvalue weighted by Gasteiger charge is -2.12. The summed E-state index contributed by atoms with van der Waals surface area (Å²) >= 11 is 0. The van der Waals surface area contributed by atoms with Gasteiger partial charge in [-0.3, -0.25) is 13.9 Å². The number of hydrogen-bond donors (Lipinski definition) is 0. The van der Waals surface area contributed by atoms with Gasteiger partial charge in [0.2, 0.25) is 0 Å². The fourth-order valence-electron chi connectivity index (χ4n) is 2.83. The van der Waals surface area contributed by atoms with Gasteiger partial charge < -0.3 is 0 Å². The van der Waals surface area contributed by atoms with Gasteiger partial charge in [0.15, 0.2) is 0 Å². The van der Waals surface area contributed by atoms with E-state index >= 15 is 0 Å². The Hall–Kier alpha value is -2.69. The molecular formula is C18H19N3O2. The van der Waals surface area contributed by atoms with Crippen LogP contribution in [0.2, 0.25) is 0 Å². The molecule has 0 radical (unpaired) electrons. The van der Waals surface area contributed by atoms with Crippen molar-refractivity contribution >= 4 is 11.0 Å². The summed E-state index contributed by atoms with van der Waals surface area (Å²) in [5.74, 6) is 0. The Kier molecular flexibility index (Phi) is 3.64. The van der Waals surface area contributed by atoms with Gasteiger partial charge in [0.1, 0.15) is 5.65 Å². The maximum Gasteiger partial charge on any atom is 0.332 e. The fourth-order valence-corrected chi connectivity index (χ4v) is 2.83. The first-order valence-corrected chi connectivity index (χ1v) is 7.52. The Morgan fingerprint density at radius 2 is 1.70 bits per heavy atom. The third-order valence-corrected chi connectivity index (χ3v) is 4.08. The molecule has 0 bridgehead atoms. The van der Waals surface area contributed by atoms with Crippen molar-refractivity contribution in [1.29, 1.82) is 0 Å². The van der Waals surface area contributed by atoms with E-state index in [4.69, 9.17) is 0 Å². The quantitative estimate of drug-likeness (QED) is 0.728. The number of aryl methyl sites for hydroxylation is 4. The van der Waals surface area contributed by atoms with Crippen LogP contribution in [0.4, 0.5) is 0 Å². The molecule has 0 N–H and O–H groups in total. The van der Waals surface area contributed by atoms with Gasteiger partial charge in [0.25, 0.3) is 5.56 Å². The highest BCUT2D eigenvalue weighted by molar-refractivity contribution is 5.78. The van der Waals surface area contributed by atoms with Crippen molar-refractivity contribution < 1.29 is 0 Å². The van der Waals surface area contributed by atoms with Crippen molar-refractivity contribution in [2.45, 2.75) is 27.3 Å². The first kappa shape index (κ1) is 15.2. The molecule has 0 atom stereocenters. The second-order valence-electron chi connectivity index (χ2n) is 6.00. The highest BCUT2D eigenvalue weighted by Gasteiger charge is 2.14. The summed E-state index contributed by atoms with van der Waals surface area (Å²) in [7, 11) is 1.65. The molecule has 2 heterocycles. The first-order valence-electron chi connectivity index (χ1n) is 7.52. The molecule has 0 spiro atoms. The molecule has 0 saturated heterocycles. The monoisotopic (exact) mass is 309 g/mol. The molecule has 3 rings (SSSR count). The number of fused-ring (bicyclic) bond motifs is 1. The van der Waals surface area contributed by atoms with Crippen LogP contribution in [0, 0.1) is 20.8 Å². The van der Waals surface area contributed by atoms with Crippen molar-refractivity contribution in [1.82, 2.24) is 14.1 Å². The van der Waals surface area contributed by atoms with Gasteiger partial charge in [0, 0.05) is 12.7 Å². The fraction of sp³-hybridized carbons (Fsp3) is 0.278. The van der Waals surface area contributed by atoms with E-state index in [9.17, 15) is 9.59 Å². The molecule has 0 aliphatic carbocycles. The molecule has 3 aromatic rings. The van der Waals surface area contributed by atoms with Crippen LogP contribution in [0.25, 0.3) is 11.0 Å². The Labute approximate surface area is 133 Å². The van der Waals surface area contributed by atoms with E-state index in [1.165, 1.54) is 9.13 Å². The van der Waals surface area contributed by atoms with Crippen molar-refractivity contribution in [3.63, 3.8) is 0 Å². The Balaban J connectivity index is 2.28. The third-order valence-electron chi connectivity index (χ3n) is 4.08. The van der Waals surface area contributed by atoms with Crippen LogP contribution >= 0.6 is 0 Å². The summed E-state index contributed by atoms with van der Waals surface area (Å²) in [5, 5.41) is 0.504. The standard InChI is InChI=1S/C18H19N3O2/c1-11-5-7-14(8-6-11)10-21-17(22)15-12(2)9-13(3)19-16(15)20(4)18(21)23/h5-9H,10H2,1-4H3. The van der Waals surface area contributed by atoms with Crippen LogP contribution in [0.3, 0.4) is 0 Å². The minimum absolute atomic E-state index is 0.259. The van der Waals surface area contributed by atoms with Crippen molar-refractivity contribution in [3.05, 3.63) is 73.6 Å². The zero-order valence-corrected chi connectivity index (χ0v) is 13.8. The normalized spacial score (nSPS) is 11.1. The van der Waals surface area contributed by atoms with E-state index in [1.807, 2.05) is 51.1 Å². The van der Waals surface area contributed by atoms with Crippen LogP contribution in [0.1, 0.15) is 22.4 Å². The number of rotatable bonds is 2. The highest BCUT2D eigenvalue weighted by atomic mass is 16.2. The lowest BCUT2D eigenvalue weighted by atomic mass is 10.1. The van der Waals surface area contributed by atoms with E-state index in [1.54, 1.807) is 7.05 Å². The largest absolute Gasteiger partial charge is 0.332 e. The summed E-state index contributed by atoms with van der Waals surface area (Å²) in [4.78, 5) is 29.8.